The highest BCUT2D eigenvalue weighted by molar-refractivity contribution is 6.10. The van der Waals surface area contributed by atoms with Crippen LogP contribution in [-0.2, 0) is 9.53 Å². The summed E-state index contributed by atoms with van der Waals surface area (Å²) in [5.41, 5.74) is 1.60. The molecule has 0 radical (unpaired) electrons. The fraction of sp³-hybridized carbons (Fsp3) is 0.344. The van der Waals surface area contributed by atoms with Gasteiger partial charge in [-0.25, -0.2) is 4.79 Å². The van der Waals surface area contributed by atoms with Crippen LogP contribution in [0.5, 0.6) is 17.2 Å². The summed E-state index contributed by atoms with van der Waals surface area (Å²) in [5, 5.41) is 8.89. The number of hydrogen-bond acceptors (Lipinski definition) is 7. The molecule has 8 nitrogen and oxygen atoms in total. The molecule has 0 fully saturated rings. The summed E-state index contributed by atoms with van der Waals surface area (Å²) in [7, 11) is 0. The van der Waals surface area contributed by atoms with Crippen LogP contribution in [0.2, 0.25) is 0 Å². The molecule has 0 aliphatic heterocycles. The first-order chi connectivity index (χ1) is 19.4. The van der Waals surface area contributed by atoms with Gasteiger partial charge in [0.1, 0.15) is 22.8 Å². The summed E-state index contributed by atoms with van der Waals surface area (Å²) >= 11 is 0. The third-order valence-corrected chi connectivity index (χ3v) is 5.92. The van der Waals surface area contributed by atoms with E-state index in [0.29, 0.717) is 24.5 Å². The van der Waals surface area contributed by atoms with Gasteiger partial charge in [-0.05, 0) is 88.6 Å². The maximum atomic E-state index is 14.0. The molecule has 0 heterocycles. The first-order valence-corrected chi connectivity index (χ1v) is 13.5. The Morgan fingerprint density at radius 2 is 1.48 bits per heavy atom. The summed E-state index contributed by atoms with van der Waals surface area (Å²) in [6.07, 6.45) is 2.44. The quantitative estimate of drug-likeness (QED) is 0.166. The molecule has 3 rings (SSSR count). The number of carbonyl (C=O) groups excluding carboxylic acids is 2. The highest BCUT2D eigenvalue weighted by Gasteiger charge is 2.27. The number of unbranched alkanes of at least 4 members (excludes halogenated alkanes) is 2. The van der Waals surface area contributed by atoms with Gasteiger partial charge in [-0.2, -0.15) is 5.26 Å². The van der Waals surface area contributed by atoms with Crippen molar-refractivity contribution in [2.45, 2.75) is 46.1 Å². The monoisotopic (exact) mass is 544 g/mol. The number of ether oxygens (including phenoxy) is 4. The van der Waals surface area contributed by atoms with E-state index in [1.54, 1.807) is 54.3 Å². The minimum atomic E-state index is -0.515. The lowest BCUT2D eigenvalue weighted by Gasteiger charge is -2.28. The number of anilines is 1. The smallest absolute Gasteiger partial charge is 0.344 e. The molecule has 0 saturated heterocycles. The van der Waals surface area contributed by atoms with E-state index in [4.69, 9.17) is 24.2 Å². The van der Waals surface area contributed by atoms with E-state index in [-0.39, 0.29) is 36.5 Å². The number of rotatable bonds is 15. The third-order valence-electron chi connectivity index (χ3n) is 5.92. The molecule has 0 bridgehead atoms. The Hall–Kier alpha value is -4.51. The summed E-state index contributed by atoms with van der Waals surface area (Å²) in [6.45, 7) is 6.47. The highest BCUT2D eigenvalue weighted by atomic mass is 16.6. The van der Waals surface area contributed by atoms with E-state index < -0.39 is 5.97 Å². The molecule has 0 aliphatic carbocycles. The number of carbonyl (C=O) groups is 2. The Balaban J connectivity index is 1.67. The molecule has 0 unspecified atom stereocenters. The van der Waals surface area contributed by atoms with Gasteiger partial charge in [-0.15, -0.1) is 0 Å². The average Bonchev–Trinajstić information content (AvgIpc) is 2.96. The number of nitrogens with zero attached hydrogens (tertiary/aromatic N) is 2. The molecule has 3 aromatic carbocycles. The van der Waals surface area contributed by atoms with Crippen LogP contribution in [0.3, 0.4) is 0 Å². The lowest BCUT2D eigenvalue weighted by molar-refractivity contribution is -0.145. The van der Waals surface area contributed by atoms with Crippen molar-refractivity contribution in [3.05, 3.63) is 83.9 Å². The topological polar surface area (TPSA) is 98.1 Å². The van der Waals surface area contributed by atoms with Crippen LogP contribution in [0.4, 0.5) is 5.69 Å². The van der Waals surface area contributed by atoms with E-state index in [9.17, 15) is 9.59 Å². The average molecular weight is 545 g/mol. The van der Waals surface area contributed by atoms with E-state index in [0.717, 1.165) is 30.7 Å². The number of para-hydroxylation sites is 1. The molecule has 8 heteroatoms. The molecular weight excluding hydrogens is 508 g/mol. The van der Waals surface area contributed by atoms with Gasteiger partial charge in [0.2, 0.25) is 0 Å². The number of hydrogen-bond donors (Lipinski definition) is 0. The van der Waals surface area contributed by atoms with Crippen molar-refractivity contribution in [3.63, 3.8) is 0 Å². The van der Waals surface area contributed by atoms with Gasteiger partial charge in [0, 0.05) is 11.7 Å². The summed E-state index contributed by atoms with van der Waals surface area (Å²) in [4.78, 5) is 27.6. The Morgan fingerprint density at radius 1 is 0.825 bits per heavy atom. The van der Waals surface area contributed by atoms with Crippen LogP contribution >= 0.6 is 0 Å². The molecule has 0 aromatic heterocycles. The predicted molar refractivity (Wildman–Crippen MR) is 153 cm³/mol. The number of nitriles is 1. The second kappa shape index (κ2) is 15.8. The van der Waals surface area contributed by atoms with Crippen LogP contribution in [-0.4, -0.2) is 44.3 Å². The minimum Gasteiger partial charge on any atom is -0.494 e. The fourth-order valence-electron chi connectivity index (χ4n) is 4.04. The number of amides is 1. The first kappa shape index (κ1) is 30.0. The summed E-state index contributed by atoms with van der Waals surface area (Å²) in [6, 6.07) is 23.5. The van der Waals surface area contributed by atoms with Crippen molar-refractivity contribution in [2.24, 2.45) is 0 Å². The zero-order valence-electron chi connectivity index (χ0n) is 23.3. The molecule has 210 valence electrons. The molecule has 0 atom stereocenters. The summed E-state index contributed by atoms with van der Waals surface area (Å²) < 4.78 is 22.6. The maximum absolute atomic E-state index is 14.0. The number of benzene rings is 3. The largest absolute Gasteiger partial charge is 0.494 e. The predicted octanol–water partition coefficient (Wildman–Crippen LogP) is 6.18. The second-order valence-corrected chi connectivity index (χ2v) is 9.22. The lowest BCUT2D eigenvalue weighted by atomic mass is 10.1. The fourth-order valence-corrected chi connectivity index (χ4v) is 4.04. The van der Waals surface area contributed by atoms with Gasteiger partial charge in [0.25, 0.3) is 5.91 Å². The standard InChI is InChI=1S/C32H36N2O6/c1-4-37-30(35)23-40-29-15-11-14-28(31(29)32(36)34(24(2)3)26-12-7-5-8-13-26)39-21-10-6-9-20-38-27-18-16-25(22-33)17-19-27/h5,7-8,11-19,24H,4,6,9-10,20-21,23H2,1-3H3. The van der Waals surface area contributed by atoms with Crippen molar-refractivity contribution >= 4 is 17.6 Å². The van der Waals surface area contributed by atoms with Crippen molar-refractivity contribution < 1.29 is 28.5 Å². The van der Waals surface area contributed by atoms with Gasteiger partial charge >= 0.3 is 5.97 Å². The molecule has 1 amide bonds. The summed E-state index contributed by atoms with van der Waals surface area (Å²) in [5.74, 6) is 0.576. The van der Waals surface area contributed by atoms with Gasteiger partial charge in [0.05, 0.1) is 31.5 Å². The third kappa shape index (κ3) is 8.77. The van der Waals surface area contributed by atoms with Crippen LogP contribution in [0.25, 0.3) is 0 Å². The van der Waals surface area contributed by atoms with Crippen LogP contribution in [0, 0.1) is 11.3 Å². The molecule has 3 aromatic rings. The van der Waals surface area contributed by atoms with Crippen molar-refractivity contribution in [3.8, 4) is 23.3 Å². The van der Waals surface area contributed by atoms with Crippen LogP contribution in [0.1, 0.15) is 56.0 Å². The maximum Gasteiger partial charge on any atom is 0.344 e. The Kier molecular flexibility index (Phi) is 11.9. The molecule has 0 saturated carbocycles. The molecule has 0 spiro atoms. The van der Waals surface area contributed by atoms with E-state index in [1.807, 2.05) is 44.2 Å². The first-order valence-electron chi connectivity index (χ1n) is 13.5. The van der Waals surface area contributed by atoms with Gasteiger partial charge in [-0.3, -0.25) is 4.79 Å². The van der Waals surface area contributed by atoms with Crippen molar-refractivity contribution in [2.75, 3.05) is 31.3 Å². The molecule has 0 N–H and O–H groups in total. The highest BCUT2D eigenvalue weighted by Crippen LogP contribution is 2.33. The van der Waals surface area contributed by atoms with E-state index in [1.165, 1.54) is 0 Å². The SMILES string of the molecule is CCOC(=O)COc1cccc(OCCCCCOc2ccc(C#N)cc2)c1C(=O)N(c1ccccc1)C(C)C. The van der Waals surface area contributed by atoms with E-state index >= 15 is 0 Å². The lowest BCUT2D eigenvalue weighted by Crippen LogP contribution is -2.37. The normalized spacial score (nSPS) is 10.5. The molecular formula is C32H36N2O6. The Bertz CT molecular complexity index is 1270. The van der Waals surface area contributed by atoms with E-state index in [2.05, 4.69) is 6.07 Å². The minimum absolute atomic E-state index is 0.142. The second-order valence-electron chi connectivity index (χ2n) is 9.22. The zero-order valence-corrected chi connectivity index (χ0v) is 23.3. The number of esters is 1. The van der Waals surface area contributed by atoms with Gasteiger partial charge in [-0.1, -0.05) is 24.3 Å². The molecule has 40 heavy (non-hydrogen) atoms. The Morgan fingerprint density at radius 3 is 2.10 bits per heavy atom. The van der Waals surface area contributed by atoms with Crippen molar-refractivity contribution in [1.82, 2.24) is 0 Å². The van der Waals surface area contributed by atoms with Gasteiger partial charge < -0.3 is 23.8 Å². The van der Waals surface area contributed by atoms with Crippen molar-refractivity contribution in [1.29, 1.82) is 5.26 Å². The molecule has 0 aliphatic rings. The Labute approximate surface area is 236 Å². The van der Waals surface area contributed by atoms with Crippen LogP contribution < -0.4 is 19.1 Å². The van der Waals surface area contributed by atoms with Crippen LogP contribution in [0.15, 0.2) is 72.8 Å². The van der Waals surface area contributed by atoms with Gasteiger partial charge in [0.15, 0.2) is 6.61 Å². The zero-order chi connectivity index (χ0) is 28.7.